The Morgan fingerprint density at radius 2 is 1.89 bits per heavy atom. The lowest BCUT2D eigenvalue weighted by molar-refractivity contribution is -0.125. The van der Waals surface area contributed by atoms with Crippen LogP contribution in [0.3, 0.4) is 0 Å². The Kier molecular flexibility index (Phi) is 13.9. The minimum Gasteiger partial charge on any atom is -0.496 e. The highest BCUT2D eigenvalue weighted by molar-refractivity contribution is 7.19. The summed E-state index contributed by atoms with van der Waals surface area (Å²) in [7, 11) is 3.31. The van der Waals surface area contributed by atoms with Gasteiger partial charge in [-0.3, -0.25) is 9.59 Å². The van der Waals surface area contributed by atoms with Crippen LogP contribution in [-0.4, -0.2) is 43.7 Å². The van der Waals surface area contributed by atoms with Crippen molar-refractivity contribution in [2.24, 2.45) is 23.5 Å². The van der Waals surface area contributed by atoms with E-state index in [1.807, 2.05) is 26.8 Å². The van der Waals surface area contributed by atoms with Crippen molar-refractivity contribution in [1.29, 1.82) is 0 Å². The summed E-state index contributed by atoms with van der Waals surface area (Å²) < 4.78 is 11.2. The number of aryl methyl sites for hydroxylation is 1. The standard InChI is InChI=1S/C15H17N3O3S.C10H22O.C2H6/c1-7-17-10-5-6-11(21-2)12(13(10)22-7)15(20)18-9-4-3-8(9)14(16)19;1-5-6-9(2)7-10(3)8-11-4;1-2/h5-6,8-9H,3-4H2,1-2H3,(H2,16,19)(H,18,20);9-10H,5-8H2,1-4H3;1-2H3/t8-,9?;;/m0../s1. The molecule has 198 valence electrons. The highest BCUT2D eigenvalue weighted by Gasteiger charge is 2.37. The van der Waals surface area contributed by atoms with Gasteiger partial charge in [-0.25, -0.2) is 4.98 Å². The Morgan fingerprint density at radius 3 is 2.40 bits per heavy atom. The molecule has 1 aromatic heterocycles. The molecule has 3 unspecified atom stereocenters. The highest BCUT2D eigenvalue weighted by atomic mass is 32.1. The molecule has 1 aliphatic carbocycles. The number of carbonyl (C=O) groups excluding carboxylic acids is 2. The Labute approximate surface area is 215 Å². The number of primary amides is 1. The van der Waals surface area contributed by atoms with Crippen molar-refractivity contribution < 1.29 is 19.1 Å². The molecule has 1 aromatic carbocycles. The van der Waals surface area contributed by atoms with Crippen LogP contribution in [-0.2, 0) is 9.53 Å². The van der Waals surface area contributed by atoms with Crippen LogP contribution in [0.1, 0.15) is 82.1 Å². The Morgan fingerprint density at radius 1 is 1.20 bits per heavy atom. The van der Waals surface area contributed by atoms with E-state index in [-0.39, 0.29) is 23.8 Å². The predicted molar refractivity (Wildman–Crippen MR) is 145 cm³/mol. The molecule has 0 radical (unpaired) electrons. The summed E-state index contributed by atoms with van der Waals surface area (Å²) in [5.41, 5.74) is 6.57. The Bertz CT molecular complexity index is 921. The van der Waals surface area contributed by atoms with E-state index in [0.717, 1.165) is 46.5 Å². The molecule has 3 rings (SSSR count). The van der Waals surface area contributed by atoms with E-state index in [1.54, 1.807) is 13.2 Å². The molecule has 0 bridgehead atoms. The van der Waals surface area contributed by atoms with Gasteiger partial charge in [0.25, 0.3) is 5.91 Å². The van der Waals surface area contributed by atoms with Gasteiger partial charge in [-0.15, -0.1) is 11.3 Å². The van der Waals surface area contributed by atoms with Crippen LogP contribution in [0.25, 0.3) is 10.2 Å². The molecular weight excluding hydrogens is 462 g/mol. The molecule has 7 nitrogen and oxygen atoms in total. The van der Waals surface area contributed by atoms with Crippen LogP contribution >= 0.6 is 11.3 Å². The average molecular weight is 508 g/mol. The summed E-state index contributed by atoms with van der Waals surface area (Å²) in [5.74, 6) is 1.20. The lowest BCUT2D eigenvalue weighted by Gasteiger charge is -2.34. The molecule has 2 aromatic rings. The molecular formula is C27H45N3O4S. The Hall–Kier alpha value is -2.19. The van der Waals surface area contributed by atoms with Crippen LogP contribution in [0.15, 0.2) is 12.1 Å². The predicted octanol–water partition coefficient (Wildman–Crippen LogP) is 5.73. The van der Waals surface area contributed by atoms with Crippen molar-refractivity contribution in [3.63, 3.8) is 0 Å². The highest BCUT2D eigenvalue weighted by Crippen LogP contribution is 2.33. The maximum absolute atomic E-state index is 12.7. The number of amides is 2. The number of methoxy groups -OCH3 is 2. The molecule has 0 spiro atoms. The smallest absolute Gasteiger partial charge is 0.256 e. The van der Waals surface area contributed by atoms with E-state index >= 15 is 0 Å². The van der Waals surface area contributed by atoms with Crippen LogP contribution < -0.4 is 15.8 Å². The number of rotatable bonds is 10. The van der Waals surface area contributed by atoms with E-state index in [0.29, 0.717) is 11.3 Å². The fourth-order valence-corrected chi connectivity index (χ4v) is 5.33. The van der Waals surface area contributed by atoms with Gasteiger partial charge >= 0.3 is 0 Å². The molecule has 2 amide bonds. The molecule has 0 aliphatic heterocycles. The van der Waals surface area contributed by atoms with Crippen LogP contribution in [0.5, 0.6) is 5.75 Å². The number of hydrogen-bond donors (Lipinski definition) is 2. The first-order chi connectivity index (χ1) is 16.7. The number of benzene rings is 1. The number of hydrogen-bond acceptors (Lipinski definition) is 6. The third-order valence-electron chi connectivity index (χ3n) is 6.07. The normalized spacial score (nSPS) is 18.2. The lowest BCUT2D eigenvalue weighted by atomic mass is 9.79. The number of nitrogens with two attached hydrogens (primary N) is 1. The largest absolute Gasteiger partial charge is 0.496 e. The van der Waals surface area contributed by atoms with Gasteiger partial charge in [0, 0.05) is 19.8 Å². The lowest BCUT2D eigenvalue weighted by Crippen LogP contribution is -2.51. The number of aromatic nitrogens is 1. The summed E-state index contributed by atoms with van der Waals surface area (Å²) in [6.07, 6.45) is 5.46. The van der Waals surface area contributed by atoms with Crippen molar-refractivity contribution >= 4 is 33.4 Å². The van der Waals surface area contributed by atoms with Crippen molar-refractivity contribution in [2.45, 2.75) is 79.7 Å². The molecule has 35 heavy (non-hydrogen) atoms. The SMILES string of the molecule is CC.CCCC(C)CC(C)COC.COc1ccc2nc(C)sc2c1C(=O)NC1CC[C@@H]1C(N)=O. The molecule has 4 atom stereocenters. The average Bonchev–Trinajstić information content (AvgIpc) is 3.17. The van der Waals surface area contributed by atoms with Crippen molar-refractivity contribution in [3.05, 3.63) is 22.7 Å². The summed E-state index contributed by atoms with van der Waals surface area (Å²) in [6.45, 7) is 13.6. The fourth-order valence-electron chi connectivity index (χ4n) is 4.37. The minimum atomic E-state index is -0.365. The summed E-state index contributed by atoms with van der Waals surface area (Å²) in [6, 6.07) is 3.38. The van der Waals surface area contributed by atoms with Gasteiger partial charge in [0.15, 0.2) is 0 Å². The topological polar surface area (TPSA) is 104 Å². The van der Waals surface area contributed by atoms with Crippen LogP contribution in [0, 0.1) is 24.7 Å². The number of thiazole rings is 1. The number of ether oxygens (including phenoxy) is 2. The van der Waals surface area contributed by atoms with E-state index in [2.05, 4.69) is 31.1 Å². The summed E-state index contributed by atoms with van der Waals surface area (Å²) in [5, 5.41) is 3.78. The van der Waals surface area contributed by atoms with E-state index in [9.17, 15) is 9.59 Å². The van der Waals surface area contributed by atoms with Gasteiger partial charge in [-0.1, -0.05) is 47.5 Å². The molecule has 3 N–H and O–H groups in total. The molecule has 1 fully saturated rings. The van der Waals surface area contributed by atoms with Crippen molar-refractivity contribution in [1.82, 2.24) is 10.3 Å². The van der Waals surface area contributed by atoms with Gasteiger partial charge in [0.2, 0.25) is 5.91 Å². The van der Waals surface area contributed by atoms with Gasteiger partial charge < -0.3 is 20.5 Å². The monoisotopic (exact) mass is 507 g/mol. The number of carbonyl (C=O) groups is 2. The first kappa shape index (κ1) is 30.8. The van der Waals surface area contributed by atoms with Gasteiger partial charge in [-0.05, 0) is 50.2 Å². The fraction of sp³-hybridized carbons (Fsp3) is 0.667. The van der Waals surface area contributed by atoms with Gasteiger partial charge in [-0.2, -0.15) is 0 Å². The zero-order valence-corrected chi connectivity index (χ0v) is 23.6. The van der Waals surface area contributed by atoms with E-state index in [1.165, 1.54) is 37.7 Å². The second-order valence-corrected chi connectivity index (χ2v) is 10.3. The summed E-state index contributed by atoms with van der Waals surface area (Å²) in [4.78, 5) is 28.3. The van der Waals surface area contributed by atoms with Gasteiger partial charge in [0.1, 0.15) is 11.3 Å². The molecule has 1 saturated carbocycles. The maximum Gasteiger partial charge on any atom is 0.256 e. The molecule has 1 aliphatic rings. The van der Waals surface area contributed by atoms with Crippen molar-refractivity contribution in [2.75, 3.05) is 20.8 Å². The quantitative estimate of drug-likeness (QED) is 0.427. The molecule has 0 saturated heterocycles. The number of nitrogens with zero attached hydrogens (tertiary/aromatic N) is 1. The van der Waals surface area contributed by atoms with Crippen LogP contribution in [0.2, 0.25) is 0 Å². The number of nitrogens with one attached hydrogen (secondary N) is 1. The van der Waals surface area contributed by atoms with E-state index < -0.39 is 0 Å². The summed E-state index contributed by atoms with van der Waals surface area (Å²) >= 11 is 1.45. The van der Waals surface area contributed by atoms with Gasteiger partial charge in [0.05, 0.1) is 28.3 Å². The Balaban J connectivity index is 0.000000401. The number of fused-ring (bicyclic) bond motifs is 1. The van der Waals surface area contributed by atoms with Crippen LogP contribution in [0.4, 0.5) is 0 Å². The first-order valence-corrected chi connectivity index (χ1v) is 13.6. The van der Waals surface area contributed by atoms with E-state index in [4.69, 9.17) is 15.2 Å². The zero-order valence-electron chi connectivity index (χ0n) is 22.8. The molecule has 1 heterocycles. The minimum absolute atomic E-state index is 0.195. The van der Waals surface area contributed by atoms with Crippen molar-refractivity contribution in [3.8, 4) is 5.75 Å². The molecule has 8 heteroatoms. The maximum atomic E-state index is 12.7. The second-order valence-electron chi connectivity index (χ2n) is 9.08. The first-order valence-electron chi connectivity index (χ1n) is 12.7. The third-order valence-corrected chi connectivity index (χ3v) is 7.07. The third kappa shape index (κ3) is 9.08. The second kappa shape index (κ2) is 15.7. The zero-order chi connectivity index (χ0) is 26.5.